The van der Waals surface area contributed by atoms with Gasteiger partial charge in [-0.25, -0.2) is 0 Å². The van der Waals surface area contributed by atoms with Crippen LogP contribution in [-0.4, -0.2) is 70.3 Å². The number of nitrogens with one attached hydrogen (secondary N) is 1. The number of carbonyl (C=O) groups excluding carboxylic acids is 1. The first-order chi connectivity index (χ1) is 8.08. The maximum atomic E-state index is 12.2. The molecule has 17 heavy (non-hydrogen) atoms. The molecule has 0 radical (unpaired) electrons. The van der Waals surface area contributed by atoms with Crippen LogP contribution in [-0.2, 0) is 0 Å². The summed E-state index contributed by atoms with van der Waals surface area (Å²) in [6, 6.07) is 1.72. The lowest BCUT2D eigenvalue weighted by molar-refractivity contribution is 0.0693. The highest BCUT2D eigenvalue weighted by Crippen LogP contribution is 2.20. The van der Waals surface area contributed by atoms with Crippen molar-refractivity contribution < 1.29 is 9.90 Å². The molecule has 0 aromatic carbocycles. The van der Waals surface area contributed by atoms with Crippen molar-refractivity contribution in [2.75, 3.05) is 27.2 Å². The van der Waals surface area contributed by atoms with Gasteiger partial charge in [0.1, 0.15) is 5.69 Å². The van der Waals surface area contributed by atoms with E-state index < -0.39 is 6.10 Å². The summed E-state index contributed by atoms with van der Waals surface area (Å²) in [4.78, 5) is 15.9. The third kappa shape index (κ3) is 2.65. The predicted molar refractivity (Wildman–Crippen MR) is 62.6 cm³/mol. The fourth-order valence-electron chi connectivity index (χ4n) is 2.26. The summed E-state index contributed by atoms with van der Waals surface area (Å²) < 4.78 is 0. The zero-order valence-corrected chi connectivity index (χ0v) is 10.1. The van der Waals surface area contributed by atoms with Crippen LogP contribution in [0.15, 0.2) is 12.3 Å². The molecule has 1 aromatic heterocycles. The lowest BCUT2D eigenvalue weighted by Gasteiger charge is -2.26. The predicted octanol–water partition coefficient (Wildman–Crippen LogP) is -0.453. The fraction of sp³-hybridized carbons (Fsp3) is 0.636. The summed E-state index contributed by atoms with van der Waals surface area (Å²) in [7, 11) is 3.92. The minimum atomic E-state index is -0.424. The summed E-state index contributed by atoms with van der Waals surface area (Å²) >= 11 is 0. The number of aromatic amines is 1. The smallest absolute Gasteiger partial charge is 0.272 e. The van der Waals surface area contributed by atoms with Crippen LogP contribution < -0.4 is 0 Å². The van der Waals surface area contributed by atoms with Crippen LogP contribution in [0.2, 0.25) is 0 Å². The first kappa shape index (κ1) is 12.1. The number of aliphatic hydroxyl groups is 1. The Morgan fingerprint density at radius 1 is 1.71 bits per heavy atom. The minimum Gasteiger partial charge on any atom is -0.391 e. The van der Waals surface area contributed by atoms with E-state index in [1.54, 1.807) is 17.2 Å². The molecule has 0 aliphatic carbocycles. The average Bonchev–Trinajstić information content (AvgIpc) is 2.85. The van der Waals surface area contributed by atoms with Gasteiger partial charge in [0.2, 0.25) is 0 Å². The summed E-state index contributed by atoms with van der Waals surface area (Å²) in [6.07, 6.45) is 1.77. The molecule has 2 unspecified atom stereocenters. The number of H-pyrrole nitrogens is 1. The average molecular weight is 238 g/mol. The number of likely N-dealkylation sites (tertiary alicyclic amines) is 1. The van der Waals surface area contributed by atoms with Crippen molar-refractivity contribution in [1.82, 2.24) is 20.0 Å². The number of amides is 1. The standard InChI is InChI=1S/C11H18N4O2/c1-14(2)6-8-5-9(16)7-15(8)11(17)10-3-4-12-13-10/h3-4,8-9,16H,5-7H2,1-2H3,(H,12,13). The first-order valence-corrected chi connectivity index (χ1v) is 5.71. The first-order valence-electron chi connectivity index (χ1n) is 5.71. The Hall–Kier alpha value is -1.40. The summed E-state index contributed by atoms with van der Waals surface area (Å²) in [5.74, 6) is -0.0918. The molecule has 2 rings (SSSR count). The second kappa shape index (κ2) is 4.85. The SMILES string of the molecule is CN(C)CC1CC(O)CN1C(=O)c1ccn[nH]1. The third-order valence-electron chi connectivity index (χ3n) is 2.96. The van der Waals surface area contributed by atoms with Crippen molar-refractivity contribution in [3.8, 4) is 0 Å². The van der Waals surface area contributed by atoms with E-state index in [9.17, 15) is 9.90 Å². The van der Waals surface area contributed by atoms with Gasteiger partial charge in [0.15, 0.2) is 0 Å². The van der Waals surface area contributed by atoms with E-state index in [-0.39, 0.29) is 11.9 Å². The number of likely N-dealkylation sites (N-methyl/N-ethyl adjacent to an activating group) is 1. The van der Waals surface area contributed by atoms with Crippen molar-refractivity contribution in [2.24, 2.45) is 0 Å². The van der Waals surface area contributed by atoms with Crippen LogP contribution in [0.25, 0.3) is 0 Å². The number of rotatable bonds is 3. The topological polar surface area (TPSA) is 72.5 Å². The lowest BCUT2D eigenvalue weighted by atomic mass is 10.2. The molecule has 1 amide bonds. The highest BCUT2D eigenvalue weighted by Gasteiger charge is 2.35. The molecule has 1 aromatic rings. The molecule has 2 atom stereocenters. The van der Waals surface area contributed by atoms with E-state index in [0.29, 0.717) is 18.7 Å². The van der Waals surface area contributed by atoms with Crippen LogP contribution in [0, 0.1) is 0 Å². The Bertz CT molecular complexity index is 377. The maximum Gasteiger partial charge on any atom is 0.272 e. The van der Waals surface area contributed by atoms with Crippen molar-refractivity contribution in [1.29, 1.82) is 0 Å². The number of hydrogen-bond donors (Lipinski definition) is 2. The zero-order valence-electron chi connectivity index (χ0n) is 10.1. The van der Waals surface area contributed by atoms with Crippen molar-refractivity contribution in [2.45, 2.75) is 18.6 Å². The molecule has 0 spiro atoms. The van der Waals surface area contributed by atoms with Crippen molar-refractivity contribution >= 4 is 5.91 Å². The van der Waals surface area contributed by atoms with Gasteiger partial charge in [0, 0.05) is 25.3 Å². The fourth-order valence-corrected chi connectivity index (χ4v) is 2.26. The minimum absolute atomic E-state index is 0.0656. The summed E-state index contributed by atoms with van der Waals surface area (Å²) in [5.41, 5.74) is 0.475. The number of aliphatic hydroxyl groups excluding tert-OH is 1. The molecule has 1 aliphatic rings. The Morgan fingerprint density at radius 3 is 3.06 bits per heavy atom. The van der Waals surface area contributed by atoms with Crippen LogP contribution >= 0.6 is 0 Å². The highest BCUT2D eigenvalue weighted by atomic mass is 16.3. The van der Waals surface area contributed by atoms with E-state index in [4.69, 9.17) is 0 Å². The van der Waals surface area contributed by atoms with E-state index in [2.05, 4.69) is 10.2 Å². The molecule has 1 fully saturated rings. The number of hydrogen-bond acceptors (Lipinski definition) is 4. The molecule has 6 heteroatoms. The van der Waals surface area contributed by atoms with Gasteiger partial charge < -0.3 is 14.9 Å². The molecule has 6 nitrogen and oxygen atoms in total. The van der Waals surface area contributed by atoms with Gasteiger partial charge >= 0.3 is 0 Å². The van der Waals surface area contributed by atoms with Gasteiger partial charge in [-0.05, 0) is 26.6 Å². The zero-order chi connectivity index (χ0) is 12.4. The largest absolute Gasteiger partial charge is 0.391 e. The van der Waals surface area contributed by atoms with Crippen molar-refractivity contribution in [3.05, 3.63) is 18.0 Å². The molecule has 94 valence electrons. The monoisotopic (exact) mass is 238 g/mol. The van der Waals surface area contributed by atoms with Gasteiger partial charge in [-0.15, -0.1) is 0 Å². The number of nitrogens with zero attached hydrogens (tertiary/aromatic N) is 3. The van der Waals surface area contributed by atoms with Gasteiger partial charge in [0.05, 0.1) is 6.10 Å². The molecular weight excluding hydrogens is 220 g/mol. The van der Waals surface area contributed by atoms with Crippen LogP contribution in [0.5, 0.6) is 0 Å². The molecule has 1 saturated heterocycles. The van der Waals surface area contributed by atoms with Gasteiger partial charge in [-0.1, -0.05) is 0 Å². The molecule has 2 N–H and O–H groups in total. The summed E-state index contributed by atoms with van der Waals surface area (Å²) in [5, 5.41) is 16.1. The highest BCUT2D eigenvalue weighted by molar-refractivity contribution is 5.92. The Morgan fingerprint density at radius 2 is 2.47 bits per heavy atom. The maximum absolute atomic E-state index is 12.2. The van der Waals surface area contributed by atoms with Crippen molar-refractivity contribution in [3.63, 3.8) is 0 Å². The Kier molecular flexibility index (Phi) is 3.44. The number of β-amino-alcohol motifs (C(OH)–C–C–N with tert-alkyl or cyclic N) is 1. The van der Waals surface area contributed by atoms with E-state index in [1.165, 1.54) is 0 Å². The van der Waals surface area contributed by atoms with Crippen LogP contribution in [0.4, 0.5) is 0 Å². The van der Waals surface area contributed by atoms with Crippen LogP contribution in [0.3, 0.4) is 0 Å². The van der Waals surface area contributed by atoms with Crippen LogP contribution in [0.1, 0.15) is 16.9 Å². The van der Waals surface area contributed by atoms with E-state index in [1.807, 2.05) is 19.0 Å². The molecular formula is C11H18N4O2. The molecule has 0 saturated carbocycles. The van der Waals surface area contributed by atoms with Gasteiger partial charge in [-0.3, -0.25) is 9.89 Å². The van der Waals surface area contributed by atoms with E-state index in [0.717, 1.165) is 6.54 Å². The van der Waals surface area contributed by atoms with Gasteiger partial charge in [0.25, 0.3) is 5.91 Å². The summed E-state index contributed by atoms with van der Waals surface area (Å²) in [6.45, 7) is 1.16. The Balaban J connectivity index is 2.10. The molecule has 0 bridgehead atoms. The normalized spacial score (nSPS) is 24.6. The van der Waals surface area contributed by atoms with E-state index >= 15 is 0 Å². The third-order valence-corrected chi connectivity index (χ3v) is 2.96. The quantitative estimate of drug-likeness (QED) is 0.748. The molecule has 1 aliphatic heterocycles. The second-order valence-electron chi connectivity index (χ2n) is 4.73. The van der Waals surface area contributed by atoms with Gasteiger partial charge in [-0.2, -0.15) is 5.10 Å². The number of aromatic nitrogens is 2. The second-order valence-corrected chi connectivity index (χ2v) is 4.73. The lowest BCUT2D eigenvalue weighted by Crippen LogP contribution is -2.41. The molecule has 2 heterocycles. The number of carbonyl (C=O) groups is 1. The Labute approximate surface area is 100 Å².